The van der Waals surface area contributed by atoms with Crippen LogP contribution in [0.25, 0.3) is 0 Å². The third-order valence-corrected chi connectivity index (χ3v) is 4.74. The number of halogens is 3. The summed E-state index contributed by atoms with van der Waals surface area (Å²) in [6.07, 6.45) is -5.98. The molecule has 3 aromatic rings. The number of carbonyl (C=O) groups excluding carboxylic acids is 2. The second-order valence-corrected chi connectivity index (χ2v) is 6.75. The van der Waals surface area contributed by atoms with Crippen LogP contribution in [0.5, 0.6) is 0 Å². The standard InChI is InChI=1S/C20H15F3N2O2S/c21-20(22,23)14-9-4-5-10-15(14)24-18(17(26)13-7-2-1-3-8-13)25-19(27)16-11-6-12-28-16/h1-12,18,24H,(H,25,27)/t18-/m0/s1. The first-order valence-corrected chi connectivity index (χ1v) is 9.10. The molecule has 0 radical (unpaired) electrons. The van der Waals surface area contributed by atoms with Gasteiger partial charge in [-0.1, -0.05) is 48.5 Å². The van der Waals surface area contributed by atoms with Crippen molar-refractivity contribution in [3.63, 3.8) is 0 Å². The van der Waals surface area contributed by atoms with Crippen molar-refractivity contribution in [2.45, 2.75) is 12.3 Å². The van der Waals surface area contributed by atoms with Crippen molar-refractivity contribution in [2.24, 2.45) is 0 Å². The predicted molar refractivity (Wildman–Crippen MR) is 101 cm³/mol. The van der Waals surface area contributed by atoms with Crippen molar-refractivity contribution in [3.8, 4) is 0 Å². The number of anilines is 1. The second kappa shape index (κ2) is 8.26. The number of Topliss-reactive ketones (excluding diaryl/α,β-unsaturated/α-hetero) is 1. The normalized spacial score (nSPS) is 12.2. The molecule has 4 nitrogen and oxygen atoms in total. The van der Waals surface area contributed by atoms with Gasteiger partial charge in [0.05, 0.1) is 10.4 Å². The van der Waals surface area contributed by atoms with E-state index in [2.05, 4.69) is 10.6 Å². The van der Waals surface area contributed by atoms with Gasteiger partial charge >= 0.3 is 6.18 Å². The lowest BCUT2D eigenvalue weighted by atomic mass is 10.1. The molecule has 1 heterocycles. The molecule has 144 valence electrons. The number of thiophene rings is 1. The number of ketones is 1. The smallest absolute Gasteiger partial charge is 0.358 e. The Morgan fingerprint density at radius 3 is 2.21 bits per heavy atom. The van der Waals surface area contributed by atoms with Crippen LogP contribution in [0.1, 0.15) is 25.6 Å². The Labute approximate surface area is 163 Å². The number of carbonyl (C=O) groups is 2. The molecule has 2 N–H and O–H groups in total. The highest BCUT2D eigenvalue weighted by Gasteiger charge is 2.34. The molecule has 0 saturated carbocycles. The van der Waals surface area contributed by atoms with E-state index in [1.165, 1.54) is 30.3 Å². The average Bonchev–Trinajstić information content (AvgIpc) is 3.22. The number of amides is 1. The molecule has 3 rings (SSSR count). The summed E-state index contributed by atoms with van der Waals surface area (Å²) in [5.41, 5.74) is -0.960. The topological polar surface area (TPSA) is 58.2 Å². The quantitative estimate of drug-likeness (QED) is 0.458. The van der Waals surface area contributed by atoms with Gasteiger partial charge in [-0.2, -0.15) is 13.2 Å². The van der Waals surface area contributed by atoms with Gasteiger partial charge in [0.1, 0.15) is 0 Å². The maximum Gasteiger partial charge on any atom is 0.418 e. The van der Waals surface area contributed by atoms with E-state index in [9.17, 15) is 22.8 Å². The predicted octanol–water partition coefficient (Wildman–Crippen LogP) is 4.82. The SMILES string of the molecule is O=C(N[C@H](Nc1ccccc1C(F)(F)F)C(=O)c1ccccc1)c1cccs1. The maximum absolute atomic E-state index is 13.3. The highest BCUT2D eigenvalue weighted by molar-refractivity contribution is 7.12. The number of para-hydroxylation sites is 1. The molecule has 0 bridgehead atoms. The van der Waals surface area contributed by atoms with Crippen molar-refractivity contribution in [1.82, 2.24) is 5.32 Å². The lowest BCUT2D eigenvalue weighted by Gasteiger charge is -2.22. The van der Waals surface area contributed by atoms with Gasteiger partial charge in [0.2, 0.25) is 5.78 Å². The largest absolute Gasteiger partial charge is 0.418 e. The number of hydrogen-bond donors (Lipinski definition) is 2. The van der Waals surface area contributed by atoms with Crippen molar-refractivity contribution >= 4 is 28.7 Å². The van der Waals surface area contributed by atoms with Crippen molar-refractivity contribution in [3.05, 3.63) is 88.1 Å². The molecule has 1 amide bonds. The zero-order chi connectivity index (χ0) is 20.1. The summed E-state index contributed by atoms with van der Waals surface area (Å²) in [5, 5.41) is 6.73. The number of hydrogen-bond acceptors (Lipinski definition) is 4. The van der Waals surface area contributed by atoms with Crippen LogP contribution in [-0.2, 0) is 6.18 Å². The summed E-state index contributed by atoms with van der Waals surface area (Å²) in [7, 11) is 0. The van der Waals surface area contributed by atoms with Crippen molar-refractivity contribution in [1.29, 1.82) is 0 Å². The molecule has 1 aromatic heterocycles. The zero-order valence-electron chi connectivity index (χ0n) is 14.4. The molecule has 2 aromatic carbocycles. The van der Waals surface area contributed by atoms with Gasteiger partial charge in [-0.05, 0) is 23.6 Å². The van der Waals surface area contributed by atoms with Gasteiger partial charge in [-0.15, -0.1) is 11.3 Å². The zero-order valence-corrected chi connectivity index (χ0v) is 15.2. The Kier molecular flexibility index (Phi) is 5.79. The van der Waals surface area contributed by atoms with Gasteiger partial charge in [0.25, 0.3) is 5.91 Å². The molecule has 0 unspecified atom stereocenters. The first-order valence-electron chi connectivity index (χ1n) is 8.22. The van der Waals surface area contributed by atoms with Crippen LogP contribution >= 0.6 is 11.3 Å². The summed E-state index contributed by atoms with van der Waals surface area (Å²) in [4.78, 5) is 25.6. The average molecular weight is 404 g/mol. The van der Waals surface area contributed by atoms with E-state index in [0.717, 1.165) is 17.4 Å². The van der Waals surface area contributed by atoms with Gasteiger partial charge < -0.3 is 10.6 Å². The van der Waals surface area contributed by atoms with Crippen LogP contribution in [0.15, 0.2) is 72.1 Å². The molecular weight excluding hydrogens is 389 g/mol. The van der Waals surface area contributed by atoms with Crippen LogP contribution < -0.4 is 10.6 Å². The summed E-state index contributed by atoms with van der Waals surface area (Å²) in [6, 6.07) is 16.1. The minimum Gasteiger partial charge on any atom is -0.358 e. The van der Waals surface area contributed by atoms with E-state index in [4.69, 9.17) is 0 Å². The van der Waals surface area contributed by atoms with E-state index in [0.29, 0.717) is 4.88 Å². The second-order valence-electron chi connectivity index (χ2n) is 5.80. The number of rotatable bonds is 6. The fourth-order valence-electron chi connectivity index (χ4n) is 2.56. The third-order valence-electron chi connectivity index (χ3n) is 3.87. The van der Waals surface area contributed by atoms with Crippen LogP contribution in [0.3, 0.4) is 0 Å². The maximum atomic E-state index is 13.3. The minimum absolute atomic E-state index is 0.260. The first kappa shape index (κ1) is 19.6. The number of alkyl halides is 3. The number of benzene rings is 2. The first-order chi connectivity index (χ1) is 13.4. The Morgan fingerprint density at radius 2 is 1.57 bits per heavy atom. The molecule has 1 atom stereocenters. The molecule has 0 aliphatic rings. The van der Waals surface area contributed by atoms with E-state index in [-0.39, 0.29) is 11.3 Å². The van der Waals surface area contributed by atoms with Crippen molar-refractivity contribution in [2.75, 3.05) is 5.32 Å². The Hall–Kier alpha value is -3.13. The minimum atomic E-state index is -4.61. The van der Waals surface area contributed by atoms with Crippen molar-refractivity contribution < 1.29 is 22.8 Å². The van der Waals surface area contributed by atoms with Crippen LogP contribution in [0.4, 0.5) is 18.9 Å². The summed E-state index contributed by atoms with van der Waals surface area (Å²) in [6.45, 7) is 0. The molecule has 0 saturated heterocycles. The Bertz CT molecular complexity index is 957. The van der Waals surface area contributed by atoms with E-state index in [1.807, 2.05) is 0 Å². The number of nitrogens with one attached hydrogen (secondary N) is 2. The fraction of sp³-hybridized carbons (Fsp3) is 0.100. The van der Waals surface area contributed by atoms with Gasteiger partial charge in [0.15, 0.2) is 6.17 Å². The summed E-state index contributed by atoms with van der Waals surface area (Å²) >= 11 is 1.16. The fourth-order valence-corrected chi connectivity index (χ4v) is 3.18. The van der Waals surface area contributed by atoms with Crippen LogP contribution in [0.2, 0.25) is 0 Å². The molecule has 0 spiro atoms. The summed E-state index contributed by atoms with van der Waals surface area (Å²) in [5.74, 6) is -1.11. The Morgan fingerprint density at radius 1 is 0.893 bits per heavy atom. The molecule has 8 heteroatoms. The summed E-state index contributed by atoms with van der Waals surface area (Å²) < 4.78 is 39.9. The van der Waals surface area contributed by atoms with Crippen LogP contribution in [-0.4, -0.2) is 17.9 Å². The van der Waals surface area contributed by atoms with E-state index < -0.39 is 29.6 Å². The highest BCUT2D eigenvalue weighted by atomic mass is 32.1. The van der Waals surface area contributed by atoms with Gasteiger partial charge in [0, 0.05) is 11.3 Å². The molecule has 0 aliphatic carbocycles. The van der Waals surface area contributed by atoms with Crippen LogP contribution in [0, 0.1) is 0 Å². The van der Waals surface area contributed by atoms with Gasteiger partial charge in [-0.25, -0.2) is 0 Å². The lowest BCUT2D eigenvalue weighted by molar-refractivity contribution is -0.137. The third kappa shape index (κ3) is 4.58. The van der Waals surface area contributed by atoms with E-state index in [1.54, 1.807) is 35.7 Å². The van der Waals surface area contributed by atoms with Gasteiger partial charge in [-0.3, -0.25) is 9.59 Å². The molecule has 0 aliphatic heterocycles. The molecular formula is C20H15F3N2O2S. The van der Waals surface area contributed by atoms with E-state index >= 15 is 0 Å². The monoisotopic (exact) mass is 404 g/mol. The lowest BCUT2D eigenvalue weighted by Crippen LogP contribution is -2.46. The molecule has 28 heavy (non-hydrogen) atoms. The highest BCUT2D eigenvalue weighted by Crippen LogP contribution is 2.34. The molecule has 0 fully saturated rings. The Balaban J connectivity index is 1.93.